The number of rotatable bonds is 9. The van der Waals surface area contributed by atoms with Crippen molar-refractivity contribution in [2.45, 2.75) is 37.8 Å². The van der Waals surface area contributed by atoms with E-state index < -0.39 is 0 Å². The molecule has 4 heteroatoms. The van der Waals surface area contributed by atoms with Crippen molar-refractivity contribution in [3.8, 4) is 0 Å². The average Bonchev–Trinajstić information content (AvgIpc) is 3.26. The highest BCUT2D eigenvalue weighted by Gasteiger charge is 2.40. The molecule has 3 atom stereocenters. The fourth-order valence-electron chi connectivity index (χ4n) is 3.66. The minimum Gasteiger partial charge on any atom is -0.375 e. The van der Waals surface area contributed by atoms with Crippen LogP contribution in [0.5, 0.6) is 0 Å². The number of hydrogen-bond acceptors (Lipinski definition) is 4. The molecule has 2 saturated heterocycles. The highest BCUT2D eigenvalue weighted by atomic mass is 16.7. The standard InChI is InChI=1S/C22H27NO3/c1-3-7-18(8-4-1)16-24-17-21(19-9-5-2-6-10-19)23-15-20(23)11-12-22-25-13-14-26-22/h1-10,20-22H,11-17H2/t20-,21-,23?/m0/s1. The maximum Gasteiger partial charge on any atom is 0.157 e. The van der Waals surface area contributed by atoms with Crippen molar-refractivity contribution in [3.05, 3.63) is 71.8 Å². The molecule has 0 aliphatic carbocycles. The normalized spacial score (nSPS) is 23.8. The Labute approximate surface area is 155 Å². The Morgan fingerprint density at radius 1 is 0.923 bits per heavy atom. The predicted octanol–water partition coefficient (Wildman–Crippen LogP) is 3.78. The van der Waals surface area contributed by atoms with Crippen LogP contribution in [0.1, 0.15) is 30.0 Å². The topological polar surface area (TPSA) is 30.7 Å². The van der Waals surface area contributed by atoms with Crippen LogP contribution in [0.15, 0.2) is 60.7 Å². The summed E-state index contributed by atoms with van der Waals surface area (Å²) >= 11 is 0. The molecule has 2 aromatic carbocycles. The van der Waals surface area contributed by atoms with Gasteiger partial charge in [0.2, 0.25) is 0 Å². The Morgan fingerprint density at radius 3 is 2.35 bits per heavy atom. The molecule has 2 aliphatic rings. The van der Waals surface area contributed by atoms with E-state index in [0.717, 1.165) is 32.6 Å². The fraction of sp³-hybridized carbons (Fsp3) is 0.455. The second kappa shape index (κ2) is 8.78. The zero-order valence-electron chi connectivity index (χ0n) is 15.1. The van der Waals surface area contributed by atoms with Crippen LogP contribution in [-0.2, 0) is 20.8 Å². The van der Waals surface area contributed by atoms with E-state index in [2.05, 4.69) is 59.5 Å². The summed E-state index contributed by atoms with van der Waals surface area (Å²) in [5.41, 5.74) is 2.55. The third kappa shape index (κ3) is 4.71. The molecule has 0 spiro atoms. The minimum absolute atomic E-state index is 0.00181. The van der Waals surface area contributed by atoms with Crippen LogP contribution in [0.4, 0.5) is 0 Å². The van der Waals surface area contributed by atoms with E-state index >= 15 is 0 Å². The number of ether oxygens (including phenoxy) is 3. The second-order valence-electron chi connectivity index (χ2n) is 7.03. The molecule has 2 aromatic rings. The molecule has 4 nitrogen and oxygen atoms in total. The highest BCUT2D eigenvalue weighted by molar-refractivity contribution is 5.21. The Kier molecular flexibility index (Phi) is 5.97. The lowest BCUT2D eigenvalue weighted by Gasteiger charge is -2.20. The average molecular weight is 353 g/mol. The first kappa shape index (κ1) is 17.7. The Hall–Kier alpha value is -1.72. The second-order valence-corrected chi connectivity index (χ2v) is 7.03. The van der Waals surface area contributed by atoms with Crippen molar-refractivity contribution in [2.75, 3.05) is 26.4 Å². The molecule has 0 N–H and O–H groups in total. The van der Waals surface area contributed by atoms with E-state index in [1.807, 2.05) is 6.07 Å². The lowest BCUT2D eigenvalue weighted by atomic mass is 10.1. The van der Waals surface area contributed by atoms with Gasteiger partial charge in [0.05, 0.1) is 32.5 Å². The smallest absolute Gasteiger partial charge is 0.157 e. The SMILES string of the molecule is c1ccc(COC[C@@H](c2ccccc2)N2C[C@@H]2CCC2OCCO2)cc1. The molecular formula is C22H27NO3. The van der Waals surface area contributed by atoms with Crippen LogP contribution in [0.2, 0.25) is 0 Å². The van der Waals surface area contributed by atoms with Gasteiger partial charge in [-0.3, -0.25) is 4.90 Å². The minimum atomic E-state index is 0.00181. The van der Waals surface area contributed by atoms with E-state index in [-0.39, 0.29) is 6.29 Å². The van der Waals surface area contributed by atoms with Crippen molar-refractivity contribution in [2.24, 2.45) is 0 Å². The summed E-state index contributed by atoms with van der Waals surface area (Å²) in [5.74, 6) is 0. The molecule has 0 radical (unpaired) electrons. The molecule has 0 aromatic heterocycles. The van der Waals surface area contributed by atoms with Gasteiger partial charge in [-0.2, -0.15) is 0 Å². The maximum atomic E-state index is 6.07. The summed E-state index contributed by atoms with van der Waals surface area (Å²) in [6.07, 6.45) is 2.10. The predicted molar refractivity (Wildman–Crippen MR) is 101 cm³/mol. The van der Waals surface area contributed by atoms with Crippen molar-refractivity contribution >= 4 is 0 Å². The van der Waals surface area contributed by atoms with Crippen LogP contribution >= 0.6 is 0 Å². The maximum absolute atomic E-state index is 6.07. The zero-order valence-corrected chi connectivity index (χ0v) is 15.1. The molecule has 1 unspecified atom stereocenters. The molecule has 2 fully saturated rings. The van der Waals surface area contributed by atoms with E-state index in [1.165, 1.54) is 11.1 Å². The molecule has 138 valence electrons. The molecule has 2 heterocycles. The monoisotopic (exact) mass is 353 g/mol. The third-order valence-corrected chi connectivity index (χ3v) is 5.16. The summed E-state index contributed by atoms with van der Waals surface area (Å²) in [6, 6.07) is 22.0. The Morgan fingerprint density at radius 2 is 1.62 bits per heavy atom. The van der Waals surface area contributed by atoms with Gasteiger partial charge in [-0.15, -0.1) is 0 Å². The molecule has 2 aliphatic heterocycles. The largest absolute Gasteiger partial charge is 0.375 e. The molecule has 26 heavy (non-hydrogen) atoms. The van der Waals surface area contributed by atoms with Gasteiger partial charge < -0.3 is 14.2 Å². The number of hydrogen-bond donors (Lipinski definition) is 0. The fourth-order valence-corrected chi connectivity index (χ4v) is 3.66. The first-order valence-corrected chi connectivity index (χ1v) is 9.56. The molecule has 0 bridgehead atoms. The first-order valence-electron chi connectivity index (χ1n) is 9.56. The van der Waals surface area contributed by atoms with Crippen molar-refractivity contribution in [3.63, 3.8) is 0 Å². The first-order chi connectivity index (χ1) is 12.9. The van der Waals surface area contributed by atoms with Gasteiger partial charge >= 0.3 is 0 Å². The van der Waals surface area contributed by atoms with Crippen LogP contribution in [0, 0.1) is 0 Å². The van der Waals surface area contributed by atoms with Gasteiger partial charge in [0.1, 0.15) is 0 Å². The van der Waals surface area contributed by atoms with Gasteiger partial charge in [-0.25, -0.2) is 0 Å². The summed E-state index contributed by atoms with van der Waals surface area (Å²) in [4.78, 5) is 2.54. The van der Waals surface area contributed by atoms with Gasteiger partial charge in [0.15, 0.2) is 6.29 Å². The molecule has 4 rings (SSSR count). The quantitative estimate of drug-likeness (QED) is 0.642. The van der Waals surface area contributed by atoms with Crippen LogP contribution in [0.3, 0.4) is 0 Å². The van der Waals surface area contributed by atoms with Gasteiger partial charge in [0, 0.05) is 12.6 Å². The lowest BCUT2D eigenvalue weighted by molar-refractivity contribution is -0.0483. The summed E-state index contributed by atoms with van der Waals surface area (Å²) in [5, 5.41) is 0. The lowest BCUT2D eigenvalue weighted by Crippen LogP contribution is -2.19. The van der Waals surface area contributed by atoms with Gasteiger partial charge in [-0.05, 0) is 24.0 Å². The Bertz CT molecular complexity index is 658. The molecular weight excluding hydrogens is 326 g/mol. The van der Waals surface area contributed by atoms with E-state index in [1.54, 1.807) is 0 Å². The number of benzene rings is 2. The molecule has 0 amide bonds. The zero-order chi connectivity index (χ0) is 17.6. The van der Waals surface area contributed by atoms with E-state index in [4.69, 9.17) is 14.2 Å². The highest BCUT2D eigenvalue weighted by Crippen LogP contribution is 2.35. The Balaban J connectivity index is 1.31. The summed E-state index contributed by atoms with van der Waals surface area (Å²) < 4.78 is 17.2. The summed E-state index contributed by atoms with van der Waals surface area (Å²) in [6.45, 7) is 3.97. The van der Waals surface area contributed by atoms with Gasteiger partial charge in [0.25, 0.3) is 0 Å². The van der Waals surface area contributed by atoms with E-state index in [9.17, 15) is 0 Å². The molecule has 0 saturated carbocycles. The van der Waals surface area contributed by atoms with Crippen molar-refractivity contribution in [1.82, 2.24) is 4.90 Å². The number of nitrogens with zero attached hydrogens (tertiary/aromatic N) is 1. The van der Waals surface area contributed by atoms with E-state index in [0.29, 0.717) is 25.3 Å². The van der Waals surface area contributed by atoms with Crippen LogP contribution in [0.25, 0.3) is 0 Å². The third-order valence-electron chi connectivity index (χ3n) is 5.16. The van der Waals surface area contributed by atoms with Crippen LogP contribution in [-0.4, -0.2) is 43.6 Å². The van der Waals surface area contributed by atoms with Gasteiger partial charge in [-0.1, -0.05) is 60.7 Å². The van der Waals surface area contributed by atoms with Crippen molar-refractivity contribution in [1.29, 1.82) is 0 Å². The van der Waals surface area contributed by atoms with Crippen LogP contribution < -0.4 is 0 Å². The summed E-state index contributed by atoms with van der Waals surface area (Å²) in [7, 11) is 0. The van der Waals surface area contributed by atoms with Crippen molar-refractivity contribution < 1.29 is 14.2 Å².